The van der Waals surface area contributed by atoms with Crippen molar-refractivity contribution in [2.24, 2.45) is 0 Å². The molecular formula is C25H35N3O4. The minimum Gasteiger partial charge on any atom is -0.454 e. The number of aliphatic hydroxyl groups excluding tert-OH is 1. The van der Waals surface area contributed by atoms with Crippen LogP contribution in [0.5, 0.6) is 11.5 Å². The van der Waals surface area contributed by atoms with E-state index >= 15 is 0 Å². The van der Waals surface area contributed by atoms with Crippen molar-refractivity contribution in [3.63, 3.8) is 0 Å². The third kappa shape index (κ3) is 6.95. The van der Waals surface area contributed by atoms with Gasteiger partial charge in [-0.25, -0.2) is 0 Å². The predicted octanol–water partition coefficient (Wildman–Crippen LogP) is 2.83. The first kappa shape index (κ1) is 24.0. The summed E-state index contributed by atoms with van der Waals surface area (Å²) in [7, 11) is 3.97. The number of rotatable bonds is 11. The normalized spacial score (nSPS) is 13.6. The third-order valence-electron chi connectivity index (χ3n) is 5.67. The number of benzene rings is 2. The average Bonchev–Trinajstić information content (AvgIpc) is 3.18. The average molecular weight is 442 g/mol. The molecule has 174 valence electrons. The number of amides is 1. The van der Waals surface area contributed by atoms with Crippen molar-refractivity contribution in [2.75, 3.05) is 52.4 Å². The van der Waals surface area contributed by atoms with Gasteiger partial charge in [0, 0.05) is 12.2 Å². The smallest absolute Gasteiger partial charge is 0.238 e. The van der Waals surface area contributed by atoms with Gasteiger partial charge in [0.05, 0.1) is 12.6 Å². The first-order chi connectivity index (χ1) is 15.3. The molecule has 0 aliphatic carbocycles. The van der Waals surface area contributed by atoms with E-state index in [4.69, 9.17) is 9.47 Å². The van der Waals surface area contributed by atoms with Crippen LogP contribution in [-0.4, -0.2) is 74.0 Å². The summed E-state index contributed by atoms with van der Waals surface area (Å²) in [5.41, 5.74) is 4.08. The van der Waals surface area contributed by atoms with Crippen LogP contribution in [0.3, 0.4) is 0 Å². The summed E-state index contributed by atoms with van der Waals surface area (Å²) in [4.78, 5) is 16.6. The highest BCUT2D eigenvalue weighted by atomic mass is 16.7. The monoisotopic (exact) mass is 441 g/mol. The van der Waals surface area contributed by atoms with Gasteiger partial charge >= 0.3 is 0 Å². The molecule has 0 bridgehead atoms. The fourth-order valence-electron chi connectivity index (χ4n) is 3.98. The number of hydrogen-bond donors (Lipinski definition) is 2. The molecule has 0 aromatic heterocycles. The molecule has 0 spiro atoms. The molecule has 2 aromatic rings. The number of aryl methyl sites for hydroxylation is 2. The minimum absolute atomic E-state index is 0.00240. The summed E-state index contributed by atoms with van der Waals surface area (Å²) in [6.07, 6.45) is 1.03. The summed E-state index contributed by atoms with van der Waals surface area (Å²) >= 11 is 0. The van der Waals surface area contributed by atoms with Crippen LogP contribution in [-0.2, 0) is 11.2 Å². The first-order valence-corrected chi connectivity index (χ1v) is 11.1. The topological polar surface area (TPSA) is 74.3 Å². The molecule has 2 aromatic carbocycles. The third-order valence-corrected chi connectivity index (χ3v) is 5.67. The molecule has 3 rings (SSSR count). The molecule has 2 N–H and O–H groups in total. The van der Waals surface area contributed by atoms with Crippen LogP contribution in [0.25, 0.3) is 0 Å². The zero-order valence-corrected chi connectivity index (χ0v) is 19.6. The van der Waals surface area contributed by atoms with Crippen molar-refractivity contribution in [2.45, 2.75) is 32.8 Å². The van der Waals surface area contributed by atoms with Crippen LogP contribution in [0.15, 0.2) is 36.4 Å². The van der Waals surface area contributed by atoms with E-state index in [9.17, 15) is 9.90 Å². The van der Waals surface area contributed by atoms with Crippen LogP contribution in [0.2, 0.25) is 0 Å². The maximum absolute atomic E-state index is 12.4. The molecule has 1 amide bonds. The van der Waals surface area contributed by atoms with E-state index in [1.165, 1.54) is 0 Å². The Bertz CT molecular complexity index is 898. The highest BCUT2D eigenvalue weighted by Gasteiger charge is 2.16. The van der Waals surface area contributed by atoms with Gasteiger partial charge < -0.3 is 24.8 Å². The van der Waals surface area contributed by atoms with Crippen molar-refractivity contribution in [3.8, 4) is 11.5 Å². The Balaban J connectivity index is 1.34. The van der Waals surface area contributed by atoms with Gasteiger partial charge in [-0.1, -0.05) is 24.3 Å². The summed E-state index contributed by atoms with van der Waals surface area (Å²) in [5.74, 6) is 1.50. The summed E-state index contributed by atoms with van der Waals surface area (Å²) in [6, 6.07) is 11.8. The van der Waals surface area contributed by atoms with E-state index in [-0.39, 0.29) is 12.7 Å². The van der Waals surface area contributed by atoms with Gasteiger partial charge in [0.25, 0.3) is 0 Å². The van der Waals surface area contributed by atoms with E-state index in [1.807, 2.05) is 69.2 Å². The molecule has 32 heavy (non-hydrogen) atoms. The van der Waals surface area contributed by atoms with Gasteiger partial charge in [-0.15, -0.1) is 0 Å². The highest BCUT2D eigenvalue weighted by Crippen LogP contribution is 2.32. The fraction of sp³-hybridized carbons (Fsp3) is 0.480. The van der Waals surface area contributed by atoms with Crippen LogP contribution >= 0.6 is 0 Å². The van der Waals surface area contributed by atoms with Crippen molar-refractivity contribution in [1.29, 1.82) is 0 Å². The van der Waals surface area contributed by atoms with Crippen molar-refractivity contribution in [1.82, 2.24) is 9.80 Å². The summed E-state index contributed by atoms with van der Waals surface area (Å²) < 4.78 is 10.7. The molecule has 7 heteroatoms. The van der Waals surface area contributed by atoms with Gasteiger partial charge in [-0.05, 0) is 82.7 Å². The SMILES string of the molecule is Cc1cccc(C)c1NC(=O)CN(C)CCCN(C)CC(O)Cc1ccc2c(c1)OCO2. The lowest BCUT2D eigenvalue weighted by atomic mass is 10.1. The zero-order valence-electron chi connectivity index (χ0n) is 19.6. The first-order valence-electron chi connectivity index (χ1n) is 11.1. The number of nitrogens with zero attached hydrogens (tertiary/aromatic N) is 2. The molecule has 1 atom stereocenters. The lowest BCUT2D eigenvalue weighted by molar-refractivity contribution is -0.117. The van der Waals surface area contributed by atoms with Crippen LogP contribution in [0.4, 0.5) is 5.69 Å². The lowest BCUT2D eigenvalue weighted by Crippen LogP contribution is -2.35. The van der Waals surface area contributed by atoms with E-state index in [2.05, 4.69) is 10.2 Å². The van der Waals surface area contributed by atoms with Crippen molar-refractivity contribution >= 4 is 11.6 Å². The molecule has 1 aliphatic rings. The molecule has 1 unspecified atom stereocenters. The van der Waals surface area contributed by atoms with Gasteiger partial charge in [-0.2, -0.15) is 0 Å². The standard InChI is InChI=1S/C25H35N3O4/c1-18-7-5-8-19(2)25(18)26-24(30)16-28(4)12-6-11-27(3)15-21(29)13-20-9-10-22-23(14-20)32-17-31-22/h5,7-10,14,21,29H,6,11-13,15-17H2,1-4H3,(H,26,30). The minimum atomic E-state index is -0.457. The zero-order chi connectivity index (χ0) is 23.1. The van der Waals surface area contributed by atoms with Gasteiger partial charge in [-0.3, -0.25) is 9.69 Å². The van der Waals surface area contributed by atoms with E-state index < -0.39 is 6.10 Å². The Hall–Kier alpha value is -2.61. The van der Waals surface area contributed by atoms with Gasteiger partial charge in [0.1, 0.15) is 0 Å². The number of aliphatic hydroxyl groups is 1. The van der Waals surface area contributed by atoms with Crippen molar-refractivity contribution in [3.05, 3.63) is 53.1 Å². The van der Waals surface area contributed by atoms with Crippen LogP contribution in [0.1, 0.15) is 23.1 Å². The number of carbonyl (C=O) groups excluding carboxylic acids is 1. The second kappa shape index (κ2) is 11.3. The Labute approximate surface area is 190 Å². The number of fused-ring (bicyclic) bond motifs is 1. The van der Waals surface area contributed by atoms with Crippen LogP contribution < -0.4 is 14.8 Å². The molecule has 1 aliphatic heterocycles. The number of hydrogen-bond acceptors (Lipinski definition) is 6. The quantitative estimate of drug-likeness (QED) is 0.559. The number of nitrogens with one attached hydrogen (secondary N) is 1. The molecule has 0 fully saturated rings. The van der Waals surface area contributed by atoms with Crippen molar-refractivity contribution < 1.29 is 19.4 Å². The Morgan fingerprint density at radius 3 is 2.50 bits per heavy atom. The number of likely N-dealkylation sites (N-methyl/N-ethyl adjacent to an activating group) is 2. The number of ether oxygens (including phenoxy) is 2. The second-order valence-electron chi connectivity index (χ2n) is 8.71. The number of anilines is 1. The molecule has 0 saturated carbocycles. The molecule has 0 saturated heterocycles. The summed E-state index contributed by atoms with van der Waals surface area (Å²) in [6.45, 7) is 6.86. The number of carbonyl (C=O) groups is 1. The Morgan fingerprint density at radius 1 is 1.06 bits per heavy atom. The largest absolute Gasteiger partial charge is 0.454 e. The van der Waals surface area contributed by atoms with E-state index in [0.717, 1.165) is 53.4 Å². The van der Waals surface area contributed by atoms with E-state index in [0.29, 0.717) is 19.5 Å². The molecule has 1 heterocycles. The van der Waals surface area contributed by atoms with Gasteiger partial charge in [0.2, 0.25) is 12.7 Å². The van der Waals surface area contributed by atoms with Gasteiger partial charge in [0.15, 0.2) is 11.5 Å². The molecule has 0 radical (unpaired) electrons. The lowest BCUT2D eigenvalue weighted by Gasteiger charge is -2.22. The van der Waals surface area contributed by atoms with E-state index in [1.54, 1.807) is 0 Å². The maximum atomic E-state index is 12.4. The fourth-order valence-corrected chi connectivity index (χ4v) is 3.98. The Morgan fingerprint density at radius 2 is 1.75 bits per heavy atom. The molecule has 7 nitrogen and oxygen atoms in total. The second-order valence-corrected chi connectivity index (χ2v) is 8.71. The maximum Gasteiger partial charge on any atom is 0.238 e. The summed E-state index contributed by atoms with van der Waals surface area (Å²) in [5, 5.41) is 13.5. The Kier molecular flexibility index (Phi) is 8.50. The molecular weight excluding hydrogens is 406 g/mol. The number of para-hydroxylation sites is 1. The highest BCUT2D eigenvalue weighted by molar-refractivity contribution is 5.93. The predicted molar refractivity (Wildman–Crippen MR) is 126 cm³/mol. The van der Waals surface area contributed by atoms with Crippen LogP contribution in [0, 0.1) is 13.8 Å².